The number of carboxylic acids is 1. The lowest BCUT2D eigenvalue weighted by atomic mass is 10.1. The lowest BCUT2D eigenvalue weighted by Crippen LogP contribution is -2.26. The molecule has 1 N–H and O–H groups in total. The number of nitrogens with zero attached hydrogens (tertiary/aromatic N) is 2. The number of rotatable bonds is 4. The average molecular weight is 288 g/mol. The van der Waals surface area contributed by atoms with Gasteiger partial charge < -0.3 is 9.84 Å². The molecule has 21 heavy (non-hydrogen) atoms. The van der Waals surface area contributed by atoms with E-state index < -0.39 is 5.97 Å². The summed E-state index contributed by atoms with van der Waals surface area (Å²) in [7, 11) is 1.41. The number of carboxylic acid groups (broad SMARTS) is 1. The molecule has 0 spiro atoms. The van der Waals surface area contributed by atoms with E-state index in [2.05, 4.69) is 4.98 Å². The lowest BCUT2D eigenvalue weighted by Gasteiger charge is -2.12. The van der Waals surface area contributed by atoms with Crippen molar-refractivity contribution in [2.24, 2.45) is 0 Å². The molecule has 6 nitrogen and oxygen atoms in total. The third-order valence-corrected chi connectivity index (χ3v) is 3.18. The van der Waals surface area contributed by atoms with Gasteiger partial charge in [0.1, 0.15) is 11.3 Å². The topological polar surface area (TPSA) is 81.4 Å². The molecule has 0 atom stereocenters. The van der Waals surface area contributed by atoms with Crippen molar-refractivity contribution < 1.29 is 14.6 Å². The van der Waals surface area contributed by atoms with Gasteiger partial charge in [-0.2, -0.15) is 4.98 Å². The van der Waals surface area contributed by atoms with Crippen LogP contribution in [0, 0.1) is 13.8 Å². The number of ether oxygens (including phenoxy) is 1. The smallest absolute Gasteiger partial charge is 0.348 e. The number of hydrogen-bond donors (Lipinski definition) is 1. The molecule has 110 valence electrons. The Bertz CT molecular complexity index is 750. The Balaban J connectivity index is 2.41. The van der Waals surface area contributed by atoms with E-state index in [0.29, 0.717) is 12.2 Å². The zero-order valence-corrected chi connectivity index (χ0v) is 12.1. The van der Waals surface area contributed by atoms with Gasteiger partial charge in [0.2, 0.25) is 0 Å². The molecule has 6 heteroatoms. The largest absolute Gasteiger partial charge is 0.496 e. The van der Waals surface area contributed by atoms with Gasteiger partial charge in [0.25, 0.3) is 0 Å². The minimum atomic E-state index is -1.05. The van der Waals surface area contributed by atoms with Crippen LogP contribution in [0.4, 0.5) is 0 Å². The molecule has 0 bridgehead atoms. The highest BCUT2D eigenvalue weighted by molar-refractivity contribution is 5.90. The molecule has 2 rings (SSSR count). The van der Waals surface area contributed by atoms with Gasteiger partial charge in [-0.1, -0.05) is 6.07 Å². The number of aromatic nitrogens is 2. The van der Waals surface area contributed by atoms with Gasteiger partial charge in [-0.3, -0.25) is 4.57 Å². The van der Waals surface area contributed by atoms with Crippen LogP contribution in [0.3, 0.4) is 0 Å². The first-order valence-corrected chi connectivity index (χ1v) is 6.37. The molecular weight excluding hydrogens is 272 g/mol. The maximum atomic E-state index is 11.9. The van der Waals surface area contributed by atoms with Crippen molar-refractivity contribution in [2.45, 2.75) is 20.4 Å². The van der Waals surface area contributed by atoms with Crippen LogP contribution in [-0.2, 0) is 6.54 Å². The van der Waals surface area contributed by atoms with E-state index in [-0.39, 0.29) is 17.0 Å². The van der Waals surface area contributed by atoms with Crippen LogP contribution in [0.1, 0.15) is 27.3 Å². The van der Waals surface area contributed by atoms with Crippen LogP contribution in [0.25, 0.3) is 0 Å². The quantitative estimate of drug-likeness (QED) is 0.924. The summed E-state index contributed by atoms with van der Waals surface area (Å²) < 4.78 is 6.61. The molecule has 1 aromatic heterocycles. The molecule has 0 aliphatic heterocycles. The van der Waals surface area contributed by atoms with Crippen LogP contribution in [0.5, 0.6) is 5.75 Å². The predicted octanol–water partition coefficient (Wildman–Crippen LogP) is 1.62. The van der Waals surface area contributed by atoms with E-state index in [9.17, 15) is 9.59 Å². The Hall–Kier alpha value is -2.63. The highest BCUT2D eigenvalue weighted by atomic mass is 16.5. The number of methoxy groups -OCH3 is 1. The Kier molecular flexibility index (Phi) is 4.07. The van der Waals surface area contributed by atoms with Crippen molar-refractivity contribution in [3.05, 3.63) is 57.3 Å². The monoisotopic (exact) mass is 288 g/mol. The summed E-state index contributed by atoms with van der Waals surface area (Å²) in [6.07, 6.45) is 0. The second kappa shape index (κ2) is 5.78. The van der Waals surface area contributed by atoms with Crippen molar-refractivity contribution in [3.8, 4) is 5.75 Å². The molecule has 0 unspecified atom stereocenters. The molecule has 0 aliphatic carbocycles. The maximum absolute atomic E-state index is 11.9. The third kappa shape index (κ3) is 3.10. The van der Waals surface area contributed by atoms with E-state index in [4.69, 9.17) is 9.84 Å². The molecule has 0 saturated heterocycles. The molecule has 0 radical (unpaired) electrons. The summed E-state index contributed by atoms with van der Waals surface area (Å²) in [5, 5.41) is 9.05. The lowest BCUT2D eigenvalue weighted by molar-refractivity contribution is 0.0693. The Morgan fingerprint density at radius 3 is 2.62 bits per heavy atom. The summed E-state index contributed by atoms with van der Waals surface area (Å²) in [5.74, 6) is -0.783. The first-order chi connectivity index (χ1) is 9.92. The van der Waals surface area contributed by atoms with Gasteiger partial charge >= 0.3 is 11.7 Å². The molecule has 0 aliphatic rings. The van der Waals surface area contributed by atoms with Gasteiger partial charge in [0.15, 0.2) is 0 Å². The van der Waals surface area contributed by atoms with Crippen LogP contribution >= 0.6 is 0 Å². The molecule has 0 amide bonds. The van der Waals surface area contributed by atoms with Crippen molar-refractivity contribution in [2.75, 3.05) is 7.11 Å². The van der Waals surface area contributed by atoms with Crippen LogP contribution < -0.4 is 10.4 Å². The van der Waals surface area contributed by atoms with Gasteiger partial charge in [-0.05, 0) is 37.6 Å². The van der Waals surface area contributed by atoms with E-state index in [1.807, 2.05) is 13.0 Å². The molecule has 0 saturated carbocycles. The second-order valence-corrected chi connectivity index (χ2v) is 4.75. The normalized spacial score (nSPS) is 10.4. The van der Waals surface area contributed by atoms with E-state index in [0.717, 1.165) is 11.3 Å². The molecule has 2 aromatic rings. The van der Waals surface area contributed by atoms with E-state index in [1.54, 1.807) is 19.1 Å². The van der Waals surface area contributed by atoms with Crippen LogP contribution in [0.2, 0.25) is 0 Å². The van der Waals surface area contributed by atoms with E-state index >= 15 is 0 Å². The highest BCUT2D eigenvalue weighted by Gasteiger charge is 2.12. The standard InChI is InChI=1S/C15H16N2O4/c1-9-6-10(2)17(15(20)16-9)8-11-4-5-12(14(18)19)13(7-11)21-3/h4-7H,8H2,1-3H3,(H,18,19). The first kappa shape index (κ1) is 14.8. The van der Waals surface area contributed by atoms with Crippen LogP contribution in [0.15, 0.2) is 29.1 Å². The Morgan fingerprint density at radius 1 is 1.33 bits per heavy atom. The van der Waals surface area contributed by atoms with Gasteiger partial charge in [-0.15, -0.1) is 0 Å². The predicted molar refractivity (Wildman–Crippen MR) is 77.0 cm³/mol. The number of aryl methyl sites for hydroxylation is 2. The fourth-order valence-corrected chi connectivity index (χ4v) is 2.16. The molecule has 0 fully saturated rings. The molecule has 1 heterocycles. The maximum Gasteiger partial charge on any atom is 0.348 e. The minimum Gasteiger partial charge on any atom is -0.496 e. The molecule has 1 aromatic carbocycles. The summed E-state index contributed by atoms with van der Waals surface area (Å²) in [6, 6.07) is 6.58. The Morgan fingerprint density at radius 2 is 2.05 bits per heavy atom. The SMILES string of the molecule is COc1cc(Cn2c(C)cc(C)nc2=O)ccc1C(=O)O. The zero-order chi connectivity index (χ0) is 15.6. The van der Waals surface area contributed by atoms with Crippen molar-refractivity contribution in [1.29, 1.82) is 0 Å². The van der Waals surface area contributed by atoms with Crippen molar-refractivity contribution >= 4 is 5.97 Å². The average Bonchev–Trinajstić information content (AvgIpc) is 2.42. The summed E-state index contributed by atoms with van der Waals surface area (Å²) in [6.45, 7) is 3.91. The van der Waals surface area contributed by atoms with E-state index in [1.165, 1.54) is 17.7 Å². The number of hydrogen-bond acceptors (Lipinski definition) is 4. The van der Waals surface area contributed by atoms with Crippen molar-refractivity contribution in [1.82, 2.24) is 9.55 Å². The van der Waals surface area contributed by atoms with Crippen LogP contribution in [-0.4, -0.2) is 27.7 Å². The number of aromatic carboxylic acids is 1. The first-order valence-electron chi connectivity index (χ1n) is 6.37. The highest BCUT2D eigenvalue weighted by Crippen LogP contribution is 2.20. The Labute approximate surface area is 121 Å². The third-order valence-electron chi connectivity index (χ3n) is 3.18. The van der Waals surface area contributed by atoms with Crippen molar-refractivity contribution in [3.63, 3.8) is 0 Å². The van der Waals surface area contributed by atoms with Gasteiger partial charge in [0.05, 0.1) is 13.7 Å². The fourth-order valence-electron chi connectivity index (χ4n) is 2.16. The number of carbonyl (C=O) groups is 1. The minimum absolute atomic E-state index is 0.0901. The summed E-state index contributed by atoms with van der Waals surface area (Å²) in [4.78, 5) is 26.9. The second-order valence-electron chi connectivity index (χ2n) is 4.75. The van der Waals surface area contributed by atoms with Gasteiger partial charge in [-0.25, -0.2) is 9.59 Å². The molecular formula is C15H16N2O4. The summed E-state index contributed by atoms with van der Waals surface area (Å²) in [5.41, 5.74) is 2.01. The zero-order valence-electron chi connectivity index (χ0n) is 12.1. The number of benzene rings is 1. The van der Waals surface area contributed by atoms with Gasteiger partial charge in [0, 0.05) is 11.4 Å². The fraction of sp³-hybridized carbons (Fsp3) is 0.267. The summed E-state index contributed by atoms with van der Waals surface area (Å²) >= 11 is 0.